The molecule has 5 nitrogen and oxygen atoms in total. The highest BCUT2D eigenvalue weighted by Crippen LogP contribution is 2.32. The van der Waals surface area contributed by atoms with E-state index in [9.17, 15) is 18.0 Å². The number of amidine groups is 1. The molecule has 0 aliphatic heterocycles. The Bertz CT molecular complexity index is 875. The first-order chi connectivity index (χ1) is 13.9. The standard InChI is InChI=1S/C21H21F3N2O3/c1-28-16-10-8-14(9-11-16)12-19(27)25-20(26-29-13-15-6-7-15)17-4-2-3-5-18(17)21(22,23)24/h2-5,8-11,15H,6-7,12-13H2,1H3,(H,25,26,27). The van der Waals surface area contributed by atoms with E-state index in [0.29, 0.717) is 23.8 Å². The summed E-state index contributed by atoms with van der Waals surface area (Å²) < 4.78 is 45.3. The minimum absolute atomic E-state index is 0.0280. The molecule has 2 aromatic rings. The van der Waals surface area contributed by atoms with Gasteiger partial charge < -0.3 is 14.9 Å². The quantitative estimate of drug-likeness (QED) is 0.427. The molecule has 8 heteroatoms. The van der Waals surface area contributed by atoms with Gasteiger partial charge in [-0.2, -0.15) is 13.2 Å². The zero-order valence-electron chi connectivity index (χ0n) is 15.8. The van der Waals surface area contributed by atoms with Crippen LogP contribution in [0.2, 0.25) is 0 Å². The number of alkyl halides is 3. The van der Waals surface area contributed by atoms with Crippen molar-refractivity contribution in [3.05, 3.63) is 65.2 Å². The first-order valence-electron chi connectivity index (χ1n) is 9.16. The lowest BCUT2D eigenvalue weighted by Gasteiger charge is -2.15. The average molecular weight is 406 g/mol. The number of carbonyl (C=O) groups excluding carboxylic acids is 1. The summed E-state index contributed by atoms with van der Waals surface area (Å²) in [7, 11) is 1.53. The number of nitrogens with one attached hydrogen (secondary N) is 1. The summed E-state index contributed by atoms with van der Waals surface area (Å²) in [4.78, 5) is 17.7. The molecule has 1 aliphatic rings. The zero-order valence-corrected chi connectivity index (χ0v) is 15.8. The minimum Gasteiger partial charge on any atom is -0.497 e. The Hall–Kier alpha value is -3.03. The number of hydrogen-bond donors (Lipinski definition) is 1. The van der Waals surface area contributed by atoms with Crippen molar-refractivity contribution in [2.24, 2.45) is 11.1 Å². The lowest BCUT2D eigenvalue weighted by atomic mass is 10.1. The fourth-order valence-electron chi connectivity index (χ4n) is 2.67. The first-order valence-corrected chi connectivity index (χ1v) is 9.16. The second kappa shape index (κ2) is 8.98. The number of benzene rings is 2. The van der Waals surface area contributed by atoms with Gasteiger partial charge in [-0.05, 0) is 42.5 Å². The van der Waals surface area contributed by atoms with Crippen LogP contribution in [-0.2, 0) is 22.2 Å². The maximum atomic E-state index is 13.4. The molecule has 0 aromatic heterocycles. The molecular formula is C21H21F3N2O3. The van der Waals surface area contributed by atoms with E-state index in [1.54, 1.807) is 24.3 Å². The number of amides is 1. The van der Waals surface area contributed by atoms with Crippen molar-refractivity contribution in [3.63, 3.8) is 0 Å². The summed E-state index contributed by atoms with van der Waals surface area (Å²) in [5, 5.41) is 6.29. The monoisotopic (exact) mass is 406 g/mol. The van der Waals surface area contributed by atoms with E-state index in [-0.39, 0.29) is 17.8 Å². The molecule has 0 spiro atoms. The maximum absolute atomic E-state index is 13.4. The fourth-order valence-corrected chi connectivity index (χ4v) is 2.67. The number of halogens is 3. The summed E-state index contributed by atoms with van der Waals surface area (Å²) in [5.41, 5.74) is -0.442. The van der Waals surface area contributed by atoms with Gasteiger partial charge >= 0.3 is 6.18 Å². The third kappa shape index (κ3) is 5.97. The third-order valence-electron chi connectivity index (χ3n) is 4.43. The van der Waals surface area contributed by atoms with E-state index in [0.717, 1.165) is 18.9 Å². The molecule has 2 aromatic carbocycles. The largest absolute Gasteiger partial charge is 0.497 e. The normalized spacial score (nSPS) is 14.4. The summed E-state index contributed by atoms with van der Waals surface area (Å²) in [6.45, 7) is 0.312. The van der Waals surface area contributed by atoms with Crippen molar-refractivity contribution in [1.82, 2.24) is 5.32 Å². The Morgan fingerprint density at radius 3 is 2.45 bits per heavy atom. The molecule has 3 rings (SSSR count). The van der Waals surface area contributed by atoms with Gasteiger partial charge in [0.25, 0.3) is 0 Å². The van der Waals surface area contributed by atoms with Crippen LogP contribution in [0, 0.1) is 5.92 Å². The van der Waals surface area contributed by atoms with Crippen LogP contribution < -0.4 is 10.1 Å². The molecule has 0 bridgehead atoms. The number of nitrogens with zero attached hydrogens (tertiary/aromatic N) is 1. The Morgan fingerprint density at radius 2 is 1.83 bits per heavy atom. The summed E-state index contributed by atoms with van der Waals surface area (Å²) in [5.74, 6) is 0.259. The number of ether oxygens (including phenoxy) is 1. The van der Waals surface area contributed by atoms with E-state index >= 15 is 0 Å². The Morgan fingerprint density at radius 1 is 1.14 bits per heavy atom. The maximum Gasteiger partial charge on any atom is 0.417 e. The van der Waals surface area contributed by atoms with Crippen LogP contribution in [0.15, 0.2) is 53.7 Å². The molecule has 1 saturated carbocycles. The minimum atomic E-state index is -4.59. The molecule has 0 heterocycles. The van der Waals surface area contributed by atoms with Crippen LogP contribution in [0.25, 0.3) is 0 Å². The van der Waals surface area contributed by atoms with Crippen LogP contribution in [0.5, 0.6) is 5.75 Å². The van der Waals surface area contributed by atoms with Crippen LogP contribution in [0.4, 0.5) is 13.2 Å². The SMILES string of the molecule is COc1ccc(CC(=O)NC(=NOCC2CC2)c2ccccc2C(F)(F)F)cc1. The van der Waals surface area contributed by atoms with Crippen LogP contribution in [0.1, 0.15) is 29.5 Å². The summed E-state index contributed by atoms with van der Waals surface area (Å²) in [6.07, 6.45) is -2.60. The van der Waals surface area contributed by atoms with Crippen LogP contribution in [-0.4, -0.2) is 25.5 Å². The number of rotatable bonds is 7. The van der Waals surface area contributed by atoms with Crippen LogP contribution in [0.3, 0.4) is 0 Å². The van der Waals surface area contributed by atoms with Crippen molar-refractivity contribution in [2.45, 2.75) is 25.4 Å². The highest BCUT2D eigenvalue weighted by Gasteiger charge is 2.35. The van der Waals surface area contributed by atoms with Gasteiger partial charge in [-0.25, -0.2) is 0 Å². The first kappa shape index (κ1) is 20.7. The van der Waals surface area contributed by atoms with Gasteiger partial charge in [-0.3, -0.25) is 4.79 Å². The van der Waals surface area contributed by atoms with Crippen molar-refractivity contribution in [2.75, 3.05) is 13.7 Å². The van der Waals surface area contributed by atoms with Gasteiger partial charge in [0.05, 0.1) is 19.1 Å². The highest BCUT2D eigenvalue weighted by molar-refractivity contribution is 6.09. The second-order valence-corrected chi connectivity index (χ2v) is 6.80. The lowest BCUT2D eigenvalue weighted by Crippen LogP contribution is -2.34. The van der Waals surface area contributed by atoms with E-state index < -0.39 is 17.6 Å². The number of methoxy groups -OCH3 is 1. The molecule has 0 atom stereocenters. The van der Waals surface area contributed by atoms with Gasteiger partial charge in [0.15, 0.2) is 5.84 Å². The number of oxime groups is 1. The van der Waals surface area contributed by atoms with E-state index in [1.165, 1.54) is 25.3 Å². The third-order valence-corrected chi connectivity index (χ3v) is 4.43. The molecule has 1 aliphatic carbocycles. The Kier molecular flexibility index (Phi) is 6.41. The van der Waals surface area contributed by atoms with E-state index in [4.69, 9.17) is 9.57 Å². The second-order valence-electron chi connectivity index (χ2n) is 6.80. The highest BCUT2D eigenvalue weighted by atomic mass is 19.4. The van der Waals surface area contributed by atoms with Crippen molar-refractivity contribution < 1.29 is 27.5 Å². The van der Waals surface area contributed by atoms with Gasteiger partial charge in [0, 0.05) is 5.56 Å². The average Bonchev–Trinajstić information content (AvgIpc) is 3.51. The van der Waals surface area contributed by atoms with E-state index in [2.05, 4.69) is 10.5 Å². The predicted molar refractivity (Wildman–Crippen MR) is 101 cm³/mol. The summed E-state index contributed by atoms with van der Waals surface area (Å²) in [6, 6.07) is 11.8. The fraction of sp³-hybridized carbons (Fsp3) is 0.333. The van der Waals surface area contributed by atoms with Crippen LogP contribution >= 0.6 is 0 Å². The molecule has 1 amide bonds. The Labute approximate surface area is 166 Å². The van der Waals surface area contributed by atoms with Gasteiger partial charge in [0.2, 0.25) is 5.91 Å². The molecule has 0 saturated heterocycles. The molecule has 0 unspecified atom stereocenters. The van der Waals surface area contributed by atoms with E-state index in [1.807, 2.05) is 0 Å². The van der Waals surface area contributed by atoms with Gasteiger partial charge in [-0.1, -0.05) is 35.5 Å². The van der Waals surface area contributed by atoms with Crippen molar-refractivity contribution in [3.8, 4) is 5.75 Å². The molecular weight excluding hydrogens is 385 g/mol. The topological polar surface area (TPSA) is 59.9 Å². The summed E-state index contributed by atoms with van der Waals surface area (Å²) >= 11 is 0. The van der Waals surface area contributed by atoms with Crippen molar-refractivity contribution >= 4 is 11.7 Å². The lowest BCUT2D eigenvalue weighted by molar-refractivity contribution is -0.137. The number of carbonyl (C=O) groups is 1. The molecule has 0 radical (unpaired) electrons. The van der Waals surface area contributed by atoms with Gasteiger partial charge in [-0.15, -0.1) is 0 Å². The predicted octanol–water partition coefficient (Wildman–Crippen LogP) is 4.16. The smallest absolute Gasteiger partial charge is 0.417 e. The Balaban J connectivity index is 1.79. The van der Waals surface area contributed by atoms with Crippen molar-refractivity contribution in [1.29, 1.82) is 0 Å². The molecule has 1 fully saturated rings. The molecule has 1 N–H and O–H groups in total. The molecule has 154 valence electrons. The van der Waals surface area contributed by atoms with Gasteiger partial charge in [0.1, 0.15) is 12.4 Å². The number of hydrogen-bond acceptors (Lipinski definition) is 4. The molecule has 29 heavy (non-hydrogen) atoms. The zero-order chi connectivity index (χ0) is 20.9.